The molecule has 1 atom stereocenters. The van der Waals surface area contributed by atoms with Crippen molar-refractivity contribution in [3.05, 3.63) is 69.5 Å². The summed E-state index contributed by atoms with van der Waals surface area (Å²) in [5.74, 6) is -1.03. The zero-order valence-electron chi connectivity index (χ0n) is 13.0. The molecule has 1 aliphatic rings. The summed E-state index contributed by atoms with van der Waals surface area (Å²) in [5, 5.41) is 3.14. The number of hydrogen-bond donors (Lipinski definition) is 1. The molecule has 2 aromatic rings. The standard InChI is InChI=1S/C19H19ClFNO/c1-12(14-7-6-13-4-2-3-5-15(13)10-14)22-19(23)17-9-8-16(20)11-18(17)21/h6-12H,2-5H2,1H3,(H,22,23)/t12-/m1/s1. The summed E-state index contributed by atoms with van der Waals surface area (Å²) >= 11 is 5.72. The maximum absolute atomic E-state index is 13.8. The lowest BCUT2D eigenvalue weighted by Crippen LogP contribution is -2.27. The number of benzene rings is 2. The van der Waals surface area contributed by atoms with Crippen LogP contribution in [0.2, 0.25) is 5.02 Å². The Bertz CT molecular complexity index is 744. The van der Waals surface area contributed by atoms with Crippen LogP contribution >= 0.6 is 11.6 Å². The number of hydrogen-bond acceptors (Lipinski definition) is 1. The Morgan fingerprint density at radius 2 is 1.87 bits per heavy atom. The minimum Gasteiger partial charge on any atom is -0.345 e. The van der Waals surface area contributed by atoms with Gasteiger partial charge in [-0.25, -0.2) is 4.39 Å². The van der Waals surface area contributed by atoms with E-state index < -0.39 is 11.7 Å². The molecule has 0 radical (unpaired) electrons. The molecule has 120 valence electrons. The highest BCUT2D eigenvalue weighted by Crippen LogP contribution is 2.25. The highest BCUT2D eigenvalue weighted by atomic mass is 35.5. The van der Waals surface area contributed by atoms with E-state index in [-0.39, 0.29) is 16.6 Å². The van der Waals surface area contributed by atoms with Crippen LogP contribution in [0.3, 0.4) is 0 Å². The molecule has 0 aromatic heterocycles. The van der Waals surface area contributed by atoms with E-state index in [1.807, 2.05) is 13.0 Å². The lowest BCUT2D eigenvalue weighted by molar-refractivity contribution is 0.0936. The van der Waals surface area contributed by atoms with Crippen molar-refractivity contribution in [3.8, 4) is 0 Å². The third-order valence-electron chi connectivity index (χ3n) is 4.40. The maximum Gasteiger partial charge on any atom is 0.254 e. The molecule has 3 rings (SSSR count). The molecule has 0 bridgehead atoms. The van der Waals surface area contributed by atoms with Crippen molar-refractivity contribution < 1.29 is 9.18 Å². The van der Waals surface area contributed by atoms with Crippen LogP contribution in [-0.2, 0) is 12.8 Å². The fraction of sp³-hybridized carbons (Fsp3) is 0.316. The van der Waals surface area contributed by atoms with Gasteiger partial charge in [0.1, 0.15) is 5.82 Å². The van der Waals surface area contributed by atoms with Gasteiger partial charge in [0.2, 0.25) is 0 Å². The summed E-state index contributed by atoms with van der Waals surface area (Å²) in [4.78, 5) is 12.3. The van der Waals surface area contributed by atoms with Crippen LogP contribution in [0.4, 0.5) is 4.39 Å². The highest BCUT2D eigenvalue weighted by molar-refractivity contribution is 6.30. The number of nitrogens with one attached hydrogen (secondary N) is 1. The molecular formula is C19H19ClFNO. The largest absolute Gasteiger partial charge is 0.345 e. The molecule has 0 saturated heterocycles. The molecule has 2 nitrogen and oxygen atoms in total. The third kappa shape index (κ3) is 3.56. The van der Waals surface area contributed by atoms with Gasteiger partial charge in [-0.3, -0.25) is 4.79 Å². The van der Waals surface area contributed by atoms with E-state index in [0.29, 0.717) is 0 Å². The van der Waals surface area contributed by atoms with Crippen LogP contribution in [0.25, 0.3) is 0 Å². The molecule has 0 fully saturated rings. The quantitative estimate of drug-likeness (QED) is 0.856. The Labute approximate surface area is 140 Å². The second kappa shape index (κ2) is 6.71. The minimum absolute atomic E-state index is 0.0132. The van der Waals surface area contributed by atoms with Gasteiger partial charge in [-0.1, -0.05) is 29.8 Å². The van der Waals surface area contributed by atoms with Gasteiger partial charge in [-0.15, -0.1) is 0 Å². The average Bonchev–Trinajstić information content (AvgIpc) is 2.54. The molecule has 23 heavy (non-hydrogen) atoms. The molecule has 0 spiro atoms. The topological polar surface area (TPSA) is 29.1 Å². The number of rotatable bonds is 3. The number of carbonyl (C=O) groups is 1. The normalized spacial score (nSPS) is 14.9. The predicted octanol–water partition coefficient (Wildman–Crippen LogP) is 4.85. The number of halogens is 2. The maximum atomic E-state index is 13.8. The van der Waals surface area contributed by atoms with Gasteiger partial charge in [0.05, 0.1) is 11.6 Å². The molecule has 4 heteroatoms. The van der Waals surface area contributed by atoms with Crippen LogP contribution in [0.1, 0.15) is 52.9 Å². The number of aryl methyl sites for hydroxylation is 2. The van der Waals surface area contributed by atoms with Crippen molar-refractivity contribution in [1.29, 1.82) is 0 Å². The smallest absolute Gasteiger partial charge is 0.254 e. The van der Waals surface area contributed by atoms with Crippen molar-refractivity contribution in [3.63, 3.8) is 0 Å². The Morgan fingerprint density at radius 3 is 2.61 bits per heavy atom. The number of amides is 1. The lowest BCUT2D eigenvalue weighted by atomic mass is 9.89. The first-order valence-corrected chi connectivity index (χ1v) is 8.30. The van der Waals surface area contributed by atoms with E-state index in [1.54, 1.807) is 0 Å². The van der Waals surface area contributed by atoms with Crippen LogP contribution in [0, 0.1) is 5.82 Å². The first-order valence-electron chi connectivity index (χ1n) is 7.92. The van der Waals surface area contributed by atoms with Crippen molar-refractivity contribution in [2.75, 3.05) is 0 Å². The van der Waals surface area contributed by atoms with Crippen molar-refractivity contribution >= 4 is 17.5 Å². The Morgan fingerprint density at radius 1 is 1.13 bits per heavy atom. The molecule has 1 amide bonds. The first kappa shape index (κ1) is 16.0. The molecule has 2 aromatic carbocycles. The van der Waals surface area contributed by atoms with E-state index in [2.05, 4.69) is 17.4 Å². The fourth-order valence-corrected chi connectivity index (χ4v) is 3.21. The number of carbonyl (C=O) groups excluding carboxylic acids is 1. The van der Waals surface area contributed by atoms with Crippen molar-refractivity contribution in [2.24, 2.45) is 0 Å². The summed E-state index contributed by atoms with van der Waals surface area (Å²) < 4.78 is 13.8. The van der Waals surface area contributed by atoms with Crippen LogP contribution in [0.5, 0.6) is 0 Å². The molecule has 0 saturated carbocycles. The van der Waals surface area contributed by atoms with Crippen molar-refractivity contribution in [2.45, 2.75) is 38.6 Å². The van der Waals surface area contributed by atoms with E-state index >= 15 is 0 Å². The highest BCUT2D eigenvalue weighted by Gasteiger charge is 2.17. The van der Waals surface area contributed by atoms with Crippen LogP contribution in [0.15, 0.2) is 36.4 Å². The average molecular weight is 332 g/mol. The van der Waals surface area contributed by atoms with Gasteiger partial charge >= 0.3 is 0 Å². The monoisotopic (exact) mass is 331 g/mol. The Balaban J connectivity index is 1.76. The zero-order valence-corrected chi connectivity index (χ0v) is 13.8. The SMILES string of the molecule is C[C@@H](NC(=O)c1ccc(Cl)cc1F)c1ccc2c(c1)CCCC2. The summed E-state index contributed by atoms with van der Waals surface area (Å²) in [6, 6.07) is 10.3. The van der Waals surface area contributed by atoms with Gasteiger partial charge in [0, 0.05) is 5.02 Å². The molecular weight excluding hydrogens is 313 g/mol. The minimum atomic E-state index is -0.604. The number of fused-ring (bicyclic) bond motifs is 1. The summed E-state index contributed by atoms with van der Waals surface area (Å²) in [6.07, 6.45) is 4.68. The lowest BCUT2D eigenvalue weighted by Gasteiger charge is -2.20. The van der Waals surface area contributed by atoms with Gasteiger partial charge in [0.25, 0.3) is 5.91 Å². The van der Waals surface area contributed by atoms with E-state index in [9.17, 15) is 9.18 Å². The van der Waals surface area contributed by atoms with Crippen LogP contribution in [-0.4, -0.2) is 5.91 Å². The first-order chi connectivity index (χ1) is 11.0. The molecule has 1 aliphatic carbocycles. The van der Waals surface area contributed by atoms with Gasteiger partial charge in [0.15, 0.2) is 0 Å². The second-order valence-corrected chi connectivity index (χ2v) is 6.49. The van der Waals surface area contributed by atoms with Gasteiger partial charge in [-0.05, 0) is 67.5 Å². The van der Waals surface area contributed by atoms with E-state index in [0.717, 1.165) is 24.5 Å². The summed E-state index contributed by atoms with van der Waals surface area (Å²) in [6.45, 7) is 1.91. The molecule has 0 unspecified atom stereocenters. The summed E-state index contributed by atoms with van der Waals surface area (Å²) in [7, 11) is 0. The molecule has 0 aliphatic heterocycles. The van der Waals surface area contributed by atoms with Crippen LogP contribution < -0.4 is 5.32 Å². The Kier molecular flexibility index (Phi) is 4.67. The Hall–Kier alpha value is -1.87. The predicted molar refractivity (Wildman–Crippen MR) is 90.4 cm³/mol. The summed E-state index contributed by atoms with van der Waals surface area (Å²) in [5.41, 5.74) is 3.84. The van der Waals surface area contributed by atoms with Crippen molar-refractivity contribution in [1.82, 2.24) is 5.32 Å². The van der Waals surface area contributed by atoms with Gasteiger partial charge < -0.3 is 5.32 Å². The zero-order chi connectivity index (χ0) is 16.4. The second-order valence-electron chi connectivity index (χ2n) is 6.05. The van der Waals surface area contributed by atoms with E-state index in [4.69, 9.17) is 11.6 Å². The third-order valence-corrected chi connectivity index (χ3v) is 4.63. The fourth-order valence-electron chi connectivity index (χ4n) is 3.05. The molecule has 1 N–H and O–H groups in total. The molecule has 0 heterocycles. The van der Waals surface area contributed by atoms with Gasteiger partial charge in [-0.2, -0.15) is 0 Å². The van der Waals surface area contributed by atoms with E-state index in [1.165, 1.54) is 36.1 Å².